The summed E-state index contributed by atoms with van der Waals surface area (Å²) in [6, 6.07) is 2.12. The normalized spacial score (nSPS) is 19.2. The number of amides is 1. The Bertz CT molecular complexity index is 865. The summed E-state index contributed by atoms with van der Waals surface area (Å²) >= 11 is 0. The molecule has 2 fully saturated rings. The number of terminal acetylenes is 1. The number of aromatic amines is 1. The number of H-pyrrole nitrogens is 1. The van der Waals surface area contributed by atoms with Crippen molar-refractivity contribution in [2.45, 2.75) is 38.1 Å². The minimum atomic E-state index is -0.0206. The molecular formula is C18H21N7O. The highest BCUT2D eigenvalue weighted by Crippen LogP contribution is 2.39. The summed E-state index contributed by atoms with van der Waals surface area (Å²) in [6.07, 6.45) is 10.5. The smallest absolute Gasteiger partial charge is 0.227 e. The molecule has 0 radical (unpaired) electrons. The summed E-state index contributed by atoms with van der Waals surface area (Å²) in [6.45, 7) is 3.00. The van der Waals surface area contributed by atoms with E-state index in [9.17, 15) is 4.79 Å². The second kappa shape index (κ2) is 6.67. The Balaban J connectivity index is 1.51. The summed E-state index contributed by atoms with van der Waals surface area (Å²) in [4.78, 5) is 22.3. The highest BCUT2D eigenvalue weighted by Gasteiger charge is 2.27. The molecule has 8 heteroatoms. The molecule has 3 heterocycles. The summed E-state index contributed by atoms with van der Waals surface area (Å²) < 4.78 is 0. The zero-order valence-electron chi connectivity index (χ0n) is 14.6. The number of nitrogens with one attached hydrogen (secondary N) is 3. The van der Waals surface area contributed by atoms with E-state index in [1.54, 1.807) is 6.20 Å². The number of rotatable bonds is 5. The third-order valence-corrected chi connectivity index (χ3v) is 4.67. The van der Waals surface area contributed by atoms with Gasteiger partial charge in [-0.2, -0.15) is 10.1 Å². The lowest BCUT2D eigenvalue weighted by Gasteiger charge is -2.17. The molecule has 0 unspecified atom stereocenters. The van der Waals surface area contributed by atoms with Crippen LogP contribution in [0.5, 0.6) is 0 Å². The van der Waals surface area contributed by atoms with Crippen LogP contribution in [-0.4, -0.2) is 45.2 Å². The van der Waals surface area contributed by atoms with E-state index in [2.05, 4.69) is 36.7 Å². The first-order valence-corrected chi connectivity index (χ1v) is 8.80. The Morgan fingerprint density at radius 3 is 3.00 bits per heavy atom. The molecule has 26 heavy (non-hydrogen) atoms. The summed E-state index contributed by atoms with van der Waals surface area (Å²) in [5.74, 6) is 5.05. The van der Waals surface area contributed by atoms with Crippen LogP contribution >= 0.6 is 0 Å². The van der Waals surface area contributed by atoms with Crippen molar-refractivity contribution in [2.24, 2.45) is 0 Å². The van der Waals surface area contributed by atoms with E-state index in [-0.39, 0.29) is 11.9 Å². The molecule has 2 aliphatic rings. The highest BCUT2D eigenvalue weighted by atomic mass is 16.1. The van der Waals surface area contributed by atoms with E-state index in [1.165, 1.54) is 19.8 Å². The molecule has 1 amide bonds. The minimum Gasteiger partial charge on any atom is -0.352 e. The van der Waals surface area contributed by atoms with Gasteiger partial charge in [0.05, 0.1) is 11.8 Å². The van der Waals surface area contributed by atoms with E-state index in [0.717, 1.165) is 18.7 Å². The standard InChI is InChI=1S/C18H21N7O/c1-3-12-9-19-18(25-7-6-14(10-25)20-11(2)26)22-17(12)21-16-8-15(23-24-16)13-4-5-13/h1,8-9,13-14H,4-7,10H2,2H3,(H,20,26)(H2,19,21,22,23,24)/t14-/m0/s1. The van der Waals surface area contributed by atoms with Gasteiger partial charge in [-0.25, -0.2) is 4.98 Å². The van der Waals surface area contributed by atoms with E-state index in [0.29, 0.717) is 35.6 Å². The van der Waals surface area contributed by atoms with Crippen LogP contribution < -0.4 is 15.5 Å². The monoisotopic (exact) mass is 351 g/mol. The molecule has 2 aromatic heterocycles. The SMILES string of the molecule is C#Cc1cnc(N2CC[C@H](NC(C)=O)C2)nc1Nc1cc(C2CC2)[nH]n1. The van der Waals surface area contributed by atoms with Crippen molar-refractivity contribution in [3.63, 3.8) is 0 Å². The molecule has 4 rings (SSSR count). The van der Waals surface area contributed by atoms with E-state index in [1.807, 2.05) is 11.0 Å². The molecule has 3 N–H and O–H groups in total. The van der Waals surface area contributed by atoms with Gasteiger partial charge in [-0.3, -0.25) is 9.89 Å². The van der Waals surface area contributed by atoms with Crippen molar-refractivity contribution in [3.05, 3.63) is 23.5 Å². The van der Waals surface area contributed by atoms with E-state index >= 15 is 0 Å². The zero-order valence-corrected chi connectivity index (χ0v) is 14.6. The topological polar surface area (TPSA) is 98.8 Å². The maximum absolute atomic E-state index is 11.2. The quantitative estimate of drug-likeness (QED) is 0.707. The van der Waals surface area contributed by atoms with Gasteiger partial charge >= 0.3 is 0 Å². The molecule has 0 bridgehead atoms. The molecule has 1 saturated heterocycles. The molecular weight excluding hydrogens is 330 g/mol. The van der Waals surface area contributed by atoms with Crippen LogP contribution in [0.15, 0.2) is 12.3 Å². The predicted molar refractivity (Wildman–Crippen MR) is 98.2 cm³/mol. The fraction of sp³-hybridized carbons (Fsp3) is 0.444. The first-order valence-electron chi connectivity index (χ1n) is 8.80. The van der Waals surface area contributed by atoms with Crippen LogP contribution in [0.1, 0.15) is 43.4 Å². The largest absolute Gasteiger partial charge is 0.352 e. The van der Waals surface area contributed by atoms with Gasteiger partial charge in [-0.15, -0.1) is 6.42 Å². The molecule has 0 aromatic carbocycles. The van der Waals surface area contributed by atoms with Gasteiger partial charge in [0.1, 0.15) is 0 Å². The van der Waals surface area contributed by atoms with Crippen molar-refractivity contribution >= 4 is 23.5 Å². The van der Waals surface area contributed by atoms with Crippen molar-refractivity contribution in [3.8, 4) is 12.3 Å². The van der Waals surface area contributed by atoms with Crippen LogP contribution in [0.2, 0.25) is 0 Å². The third-order valence-electron chi connectivity index (χ3n) is 4.67. The lowest BCUT2D eigenvalue weighted by atomic mass is 10.3. The zero-order chi connectivity index (χ0) is 18.1. The maximum atomic E-state index is 11.2. The van der Waals surface area contributed by atoms with E-state index in [4.69, 9.17) is 6.42 Å². The van der Waals surface area contributed by atoms with Crippen LogP contribution in [0.25, 0.3) is 0 Å². The third kappa shape index (κ3) is 3.47. The minimum absolute atomic E-state index is 0.0206. The average molecular weight is 351 g/mol. The van der Waals surface area contributed by atoms with Crippen molar-refractivity contribution in [1.29, 1.82) is 0 Å². The van der Waals surface area contributed by atoms with Crippen LogP contribution in [-0.2, 0) is 4.79 Å². The Hall–Kier alpha value is -3.08. The number of hydrogen-bond acceptors (Lipinski definition) is 6. The molecule has 0 spiro atoms. The predicted octanol–water partition coefficient (Wildman–Crippen LogP) is 1.52. The molecule has 1 aliphatic heterocycles. The summed E-state index contributed by atoms with van der Waals surface area (Å²) in [5, 5.41) is 13.5. The van der Waals surface area contributed by atoms with Gasteiger partial charge in [0.15, 0.2) is 11.6 Å². The molecule has 8 nitrogen and oxygen atoms in total. The number of carbonyl (C=O) groups excluding carboxylic acids is 1. The number of nitrogens with zero attached hydrogens (tertiary/aromatic N) is 4. The Kier molecular flexibility index (Phi) is 4.21. The molecule has 1 saturated carbocycles. The Labute approximate surface area is 151 Å². The van der Waals surface area contributed by atoms with Crippen LogP contribution in [0.3, 0.4) is 0 Å². The molecule has 134 valence electrons. The Morgan fingerprint density at radius 1 is 1.42 bits per heavy atom. The fourth-order valence-corrected chi connectivity index (χ4v) is 3.20. The van der Waals surface area contributed by atoms with Gasteiger partial charge in [-0.1, -0.05) is 5.92 Å². The van der Waals surface area contributed by atoms with Gasteiger partial charge in [0.25, 0.3) is 0 Å². The van der Waals surface area contributed by atoms with Gasteiger partial charge in [0, 0.05) is 43.7 Å². The number of hydrogen-bond donors (Lipinski definition) is 3. The maximum Gasteiger partial charge on any atom is 0.227 e. The number of aromatic nitrogens is 4. The fourth-order valence-electron chi connectivity index (χ4n) is 3.20. The van der Waals surface area contributed by atoms with Crippen LogP contribution in [0.4, 0.5) is 17.6 Å². The molecule has 1 atom stereocenters. The average Bonchev–Trinajstić information content (AvgIpc) is 3.19. The van der Waals surface area contributed by atoms with Gasteiger partial charge in [-0.05, 0) is 19.3 Å². The highest BCUT2D eigenvalue weighted by molar-refractivity contribution is 5.73. The molecule has 2 aromatic rings. The van der Waals surface area contributed by atoms with Crippen molar-refractivity contribution in [2.75, 3.05) is 23.3 Å². The molecule has 1 aliphatic carbocycles. The second-order valence-corrected chi connectivity index (χ2v) is 6.82. The van der Waals surface area contributed by atoms with Gasteiger partial charge in [0.2, 0.25) is 11.9 Å². The first kappa shape index (κ1) is 16.4. The lowest BCUT2D eigenvalue weighted by Crippen LogP contribution is -2.35. The first-order chi connectivity index (χ1) is 12.6. The summed E-state index contributed by atoms with van der Waals surface area (Å²) in [7, 11) is 0. The number of anilines is 3. The summed E-state index contributed by atoms with van der Waals surface area (Å²) in [5.41, 5.74) is 1.73. The van der Waals surface area contributed by atoms with E-state index < -0.39 is 0 Å². The second-order valence-electron chi connectivity index (χ2n) is 6.82. The van der Waals surface area contributed by atoms with Gasteiger partial charge < -0.3 is 15.5 Å². The van der Waals surface area contributed by atoms with Crippen molar-refractivity contribution in [1.82, 2.24) is 25.5 Å². The van der Waals surface area contributed by atoms with Crippen molar-refractivity contribution < 1.29 is 4.79 Å². The number of carbonyl (C=O) groups is 1. The lowest BCUT2D eigenvalue weighted by molar-refractivity contribution is -0.119. The Morgan fingerprint density at radius 2 is 2.27 bits per heavy atom. The van der Waals surface area contributed by atoms with Crippen LogP contribution in [0, 0.1) is 12.3 Å².